The number of hydrogen-bond acceptors (Lipinski definition) is 12. The van der Waals surface area contributed by atoms with Gasteiger partial charge < -0.3 is 33.7 Å². The van der Waals surface area contributed by atoms with E-state index in [0.717, 1.165) is 0 Å². The van der Waals surface area contributed by atoms with Crippen molar-refractivity contribution in [3.63, 3.8) is 0 Å². The number of carbonyl (C=O) groups is 5. The van der Waals surface area contributed by atoms with Gasteiger partial charge in [0.15, 0.2) is 0 Å². The van der Waals surface area contributed by atoms with Crippen molar-refractivity contribution in [1.82, 2.24) is 10.2 Å². The van der Waals surface area contributed by atoms with Crippen molar-refractivity contribution >= 4 is 40.8 Å². The highest BCUT2D eigenvalue weighted by molar-refractivity contribution is 6.62. The van der Waals surface area contributed by atoms with E-state index >= 15 is 0 Å². The average molecular weight is 585 g/mol. The number of alkyl carbamates (subject to hydrolysis) is 1. The molecular formula is C25H45ClN2O11. The SMILES string of the molecule is CC(=O)Cl.CC(=O)OCCN(CCOC(=O)COCCOCCNC(=O)OC(C)(C)C)CC(=O)OC(C)(C)C. The summed E-state index contributed by atoms with van der Waals surface area (Å²) in [5.41, 5.74) is -1.19. The topological polar surface area (TPSA) is 156 Å². The van der Waals surface area contributed by atoms with Crippen LogP contribution in [-0.2, 0) is 47.6 Å². The Kier molecular flexibility index (Phi) is 21.2. The third kappa shape index (κ3) is 33.5. The van der Waals surface area contributed by atoms with Crippen molar-refractivity contribution in [3.05, 3.63) is 0 Å². The maximum absolute atomic E-state index is 12.1. The van der Waals surface area contributed by atoms with Crippen LogP contribution in [0.1, 0.15) is 55.4 Å². The fraction of sp³-hybridized carbons (Fsp3) is 0.800. The highest BCUT2D eigenvalue weighted by Crippen LogP contribution is 2.08. The Hall–Kier alpha value is -2.48. The standard InChI is InChI=1S/C23H42N2O10.C2H3ClO/c1-18(26)32-12-9-25(16-19(27)34-22(2,3)4)10-13-33-20(28)17-31-15-14-30-11-8-24-21(29)35-23(5,6)7;1-2(3)4/h8-17H2,1-7H3,(H,24,29);1H3. The van der Waals surface area contributed by atoms with E-state index in [0.29, 0.717) is 0 Å². The smallest absolute Gasteiger partial charge is 0.407 e. The molecule has 0 aromatic rings. The minimum atomic E-state index is -0.624. The number of carbonyl (C=O) groups excluding carboxylic acids is 5. The molecule has 0 aromatic heterocycles. The van der Waals surface area contributed by atoms with Crippen LogP contribution >= 0.6 is 11.6 Å². The third-order valence-electron chi connectivity index (χ3n) is 3.66. The summed E-state index contributed by atoms with van der Waals surface area (Å²) >= 11 is 4.64. The Morgan fingerprint density at radius 2 is 1.23 bits per heavy atom. The van der Waals surface area contributed by atoms with Crippen molar-refractivity contribution in [2.45, 2.75) is 66.6 Å². The molecule has 0 aliphatic carbocycles. The van der Waals surface area contributed by atoms with Crippen LogP contribution in [0.25, 0.3) is 0 Å². The molecule has 0 spiro atoms. The van der Waals surface area contributed by atoms with Gasteiger partial charge in [-0.2, -0.15) is 0 Å². The molecule has 228 valence electrons. The summed E-state index contributed by atoms with van der Waals surface area (Å²) in [4.78, 5) is 57.2. The molecule has 0 saturated heterocycles. The lowest BCUT2D eigenvalue weighted by molar-refractivity contribution is -0.156. The number of nitrogens with zero attached hydrogens (tertiary/aromatic N) is 1. The quantitative estimate of drug-likeness (QED) is 0.122. The lowest BCUT2D eigenvalue weighted by Gasteiger charge is -2.24. The Labute approximate surface area is 236 Å². The van der Waals surface area contributed by atoms with Crippen LogP contribution in [0.2, 0.25) is 0 Å². The van der Waals surface area contributed by atoms with Gasteiger partial charge in [0.2, 0.25) is 5.24 Å². The van der Waals surface area contributed by atoms with Crippen LogP contribution in [0.4, 0.5) is 4.79 Å². The van der Waals surface area contributed by atoms with Gasteiger partial charge in [0.1, 0.15) is 31.0 Å². The number of ether oxygens (including phenoxy) is 6. The molecule has 0 bridgehead atoms. The van der Waals surface area contributed by atoms with Crippen molar-refractivity contribution < 1.29 is 52.4 Å². The summed E-state index contributed by atoms with van der Waals surface area (Å²) in [6.45, 7) is 14.6. The van der Waals surface area contributed by atoms with Gasteiger partial charge in [-0.3, -0.25) is 19.3 Å². The maximum atomic E-state index is 12.1. The molecular weight excluding hydrogens is 540 g/mol. The number of rotatable bonds is 16. The average Bonchev–Trinajstić information content (AvgIpc) is 2.72. The van der Waals surface area contributed by atoms with Crippen molar-refractivity contribution in [2.24, 2.45) is 0 Å². The normalized spacial score (nSPS) is 11.1. The van der Waals surface area contributed by atoms with E-state index in [-0.39, 0.29) is 71.1 Å². The molecule has 0 aliphatic heterocycles. The van der Waals surface area contributed by atoms with Gasteiger partial charge in [0.05, 0.1) is 26.4 Å². The van der Waals surface area contributed by atoms with E-state index in [1.165, 1.54) is 13.8 Å². The van der Waals surface area contributed by atoms with Gasteiger partial charge in [-0.15, -0.1) is 0 Å². The van der Waals surface area contributed by atoms with E-state index in [1.54, 1.807) is 46.4 Å². The lowest BCUT2D eigenvalue weighted by Crippen LogP contribution is -2.39. The molecule has 0 aliphatic rings. The van der Waals surface area contributed by atoms with Crippen LogP contribution in [0.15, 0.2) is 0 Å². The first-order chi connectivity index (χ1) is 17.9. The Morgan fingerprint density at radius 1 is 0.718 bits per heavy atom. The number of amides is 1. The fourth-order valence-corrected chi connectivity index (χ4v) is 2.39. The molecule has 0 unspecified atom stereocenters. The Bertz CT molecular complexity index is 745. The first-order valence-corrected chi connectivity index (χ1v) is 12.8. The number of esters is 3. The predicted molar refractivity (Wildman–Crippen MR) is 142 cm³/mol. The van der Waals surface area contributed by atoms with Crippen LogP contribution in [-0.4, -0.2) is 111 Å². The largest absolute Gasteiger partial charge is 0.465 e. The molecule has 0 saturated carbocycles. The van der Waals surface area contributed by atoms with Crippen LogP contribution in [0.3, 0.4) is 0 Å². The Balaban J connectivity index is 0. The molecule has 1 amide bonds. The molecule has 0 radical (unpaired) electrons. The molecule has 39 heavy (non-hydrogen) atoms. The van der Waals surface area contributed by atoms with Crippen molar-refractivity contribution in [2.75, 3.05) is 65.8 Å². The lowest BCUT2D eigenvalue weighted by atomic mass is 10.2. The van der Waals surface area contributed by atoms with Crippen LogP contribution < -0.4 is 5.32 Å². The van der Waals surface area contributed by atoms with Crippen molar-refractivity contribution in [3.8, 4) is 0 Å². The summed E-state index contributed by atoms with van der Waals surface area (Å²) in [6, 6.07) is 0. The summed E-state index contributed by atoms with van der Waals surface area (Å²) in [5.74, 6) is -1.42. The van der Waals surface area contributed by atoms with Gasteiger partial charge in [0.25, 0.3) is 0 Å². The van der Waals surface area contributed by atoms with Gasteiger partial charge in [0, 0.05) is 33.5 Å². The second-order valence-corrected chi connectivity index (χ2v) is 10.5. The van der Waals surface area contributed by atoms with Gasteiger partial charge in [-0.05, 0) is 53.1 Å². The van der Waals surface area contributed by atoms with Gasteiger partial charge in [-0.1, -0.05) is 0 Å². The highest BCUT2D eigenvalue weighted by atomic mass is 35.5. The molecule has 0 heterocycles. The van der Waals surface area contributed by atoms with Crippen molar-refractivity contribution in [1.29, 1.82) is 0 Å². The molecule has 0 fully saturated rings. The number of hydrogen-bond donors (Lipinski definition) is 1. The highest BCUT2D eigenvalue weighted by Gasteiger charge is 2.19. The molecule has 13 nitrogen and oxygen atoms in total. The van der Waals surface area contributed by atoms with Gasteiger partial charge >= 0.3 is 24.0 Å². The van der Waals surface area contributed by atoms with Crippen LogP contribution in [0.5, 0.6) is 0 Å². The fourth-order valence-electron chi connectivity index (χ4n) is 2.39. The summed E-state index contributed by atoms with van der Waals surface area (Å²) < 4.78 is 30.9. The number of halogens is 1. The zero-order valence-electron chi connectivity index (χ0n) is 24.4. The molecule has 0 rings (SSSR count). The first kappa shape index (κ1) is 38.7. The number of nitrogens with one attached hydrogen (secondary N) is 1. The predicted octanol–water partition coefficient (Wildman–Crippen LogP) is 2.07. The Morgan fingerprint density at radius 3 is 1.74 bits per heavy atom. The second kappa shape index (κ2) is 21.4. The monoisotopic (exact) mass is 584 g/mol. The molecule has 0 aromatic carbocycles. The molecule has 0 atom stereocenters. The van der Waals surface area contributed by atoms with E-state index in [9.17, 15) is 24.0 Å². The van der Waals surface area contributed by atoms with E-state index < -0.39 is 35.2 Å². The maximum Gasteiger partial charge on any atom is 0.407 e. The zero-order valence-corrected chi connectivity index (χ0v) is 25.1. The van der Waals surface area contributed by atoms with E-state index in [1.807, 2.05) is 0 Å². The van der Waals surface area contributed by atoms with Gasteiger partial charge in [-0.25, -0.2) is 9.59 Å². The van der Waals surface area contributed by atoms with Crippen LogP contribution in [0, 0.1) is 0 Å². The minimum absolute atomic E-state index is 0.0257. The zero-order chi connectivity index (χ0) is 30.5. The van der Waals surface area contributed by atoms with E-state index in [4.69, 9.17) is 28.4 Å². The molecule has 14 heteroatoms. The minimum Gasteiger partial charge on any atom is -0.465 e. The van der Waals surface area contributed by atoms with E-state index in [2.05, 4.69) is 16.9 Å². The third-order valence-corrected chi connectivity index (χ3v) is 3.66. The summed E-state index contributed by atoms with van der Waals surface area (Å²) in [5, 5.41) is 2.20. The molecule has 1 N–H and O–H groups in total. The first-order valence-electron chi connectivity index (χ1n) is 12.4. The summed E-state index contributed by atoms with van der Waals surface area (Å²) in [6.07, 6.45) is -0.517. The second-order valence-electron chi connectivity index (χ2n) is 9.99. The summed E-state index contributed by atoms with van der Waals surface area (Å²) in [7, 11) is 0.